The Morgan fingerprint density at radius 1 is 1.10 bits per heavy atom. The normalized spacial score (nSPS) is 14.0. The maximum absolute atomic E-state index is 12.7. The molecule has 4 rings (SSSR count). The fraction of sp³-hybridized carbons (Fsp3) is 0.130. The number of fused-ring (bicyclic) bond motifs is 2. The summed E-state index contributed by atoms with van der Waals surface area (Å²) in [4.78, 5) is 36.8. The Labute approximate surface area is 181 Å². The summed E-state index contributed by atoms with van der Waals surface area (Å²) in [5.41, 5.74) is 1.55. The molecule has 0 saturated carbocycles. The molecule has 0 atom stereocenters. The van der Waals surface area contributed by atoms with Gasteiger partial charge in [-0.3, -0.25) is 10.1 Å². The molecule has 3 aromatic rings. The first kappa shape index (κ1) is 20.5. The number of carbonyl (C=O) groups excluding carboxylic acids is 2. The molecule has 7 nitrogen and oxygen atoms in total. The summed E-state index contributed by atoms with van der Waals surface area (Å²) in [7, 11) is 0. The summed E-state index contributed by atoms with van der Waals surface area (Å²) < 4.78 is 10.9. The summed E-state index contributed by atoms with van der Waals surface area (Å²) in [6.07, 6.45) is 4.55. The van der Waals surface area contributed by atoms with E-state index in [4.69, 9.17) is 9.47 Å². The summed E-state index contributed by atoms with van der Waals surface area (Å²) in [5.74, 6) is -0.826. The maximum atomic E-state index is 12.7. The van der Waals surface area contributed by atoms with Crippen molar-refractivity contribution in [3.8, 4) is 5.75 Å². The summed E-state index contributed by atoms with van der Waals surface area (Å²) in [5, 5.41) is 11.0. The lowest BCUT2D eigenvalue weighted by Crippen LogP contribution is -2.12. The molecule has 0 saturated heterocycles. The zero-order valence-corrected chi connectivity index (χ0v) is 17.1. The number of non-ortho nitro benzene ring substituents is 1. The molecular formula is C23H17NO6S. The van der Waals surface area contributed by atoms with Crippen LogP contribution in [0.15, 0.2) is 66.7 Å². The third-order valence-electron chi connectivity index (χ3n) is 4.71. The molecule has 2 heterocycles. The van der Waals surface area contributed by atoms with Gasteiger partial charge < -0.3 is 9.47 Å². The standard InChI is InChI=1S/C23H17NO6S/c25-22-18-11-10-17(24(27)28)12-16(18)8-4-5-9-20-19(30-22)13-21(31-20)23(26)29-14-15-6-2-1-3-7-15/h1-7,10-13H,8-9,14H2/b5-4+. The van der Waals surface area contributed by atoms with Crippen molar-refractivity contribution >= 4 is 29.0 Å². The fourth-order valence-electron chi connectivity index (χ4n) is 3.15. The van der Waals surface area contributed by atoms with E-state index in [9.17, 15) is 19.7 Å². The van der Waals surface area contributed by atoms with Crippen LogP contribution in [-0.4, -0.2) is 16.9 Å². The van der Waals surface area contributed by atoms with Gasteiger partial charge in [0.2, 0.25) is 0 Å². The van der Waals surface area contributed by atoms with Gasteiger partial charge in [0.15, 0.2) is 0 Å². The minimum Gasteiger partial charge on any atom is -0.457 e. The molecule has 8 heteroatoms. The van der Waals surface area contributed by atoms with Crippen molar-refractivity contribution in [2.24, 2.45) is 0 Å². The number of thiophene rings is 1. The van der Waals surface area contributed by atoms with Crippen LogP contribution in [0.5, 0.6) is 5.75 Å². The van der Waals surface area contributed by atoms with Crippen LogP contribution >= 0.6 is 11.3 Å². The largest absolute Gasteiger partial charge is 0.457 e. The molecule has 0 unspecified atom stereocenters. The third-order valence-corrected chi connectivity index (χ3v) is 5.83. The minimum absolute atomic E-state index is 0.0864. The number of nitrogens with zero attached hydrogens (tertiary/aromatic N) is 1. The van der Waals surface area contributed by atoms with E-state index < -0.39 is 16.9 Å². The number of benzene rings is 2. The first-order chi connectivity index (χ1) is 15.0. The van der Waals surface area contributed by atoms with Gasteiger partial charge in [-0.1, -0.05) is 42.5 Å². The van der Waals surface area contributed by atoms with E-state index in [-0.39, 0.29) is 23.6 Å². The smallest absolute Gasteiger partial charge is 0.348 e. The average molecular weight is 435 g/mol. The second kappa shape index (κ2) is 8.93. The highest BCUT2D eigenvalue weighted by Gasteiger charge is 2.22. The number of allylic oxidation sites excluding steroid dienone is 2. The lowest BCUT2D eigenvalue weighted by atomic mass is 10.0. The lowest BCUT2D eigenvalue weighted by molar-refractivity contribution is -0.384. The zero-order chi connectivity index (χ0) is 21.8. The van der Waals surface area contributed by atoms with E-state index in [1.807, 2.05) is 42.5 Å². The van der Waals surface area contributed by atoms with Crippen LogP contribution in [-0.2, 0) is 24.2 Å². The number of hydrogen-bond donors (Lipinski definition) is 0. The molecule has 2 aromatic carbocycles. The quantitative estimate of drug-likeness (QED) is 0.251. The van der Waals surface area contributed by atoms with Gasteiger partial charge in [0.05, 0.1) is 15.4 Å². The SMILES string of the molecule is O=C(OCc1ccccc1)c1cc2c(s1)C/C=C/Cc1cc([N+](=O)[O-])ccc1C(=O)O2. The Morgan fingerprint density at radius 3 is 2.65 bits per heavy atom. The Bertz CT molecular complexity index is 1180. The van der Waals surface area contributed by atoms with Crippen molar-refractivity contribution in [3.05, 3.63) is 103 Å². The van der Waals surface area contributed by atoms with Crippen LogP contribution in [0.25, 0.3) is 0 Å². The van der Waals surface area contributed by atoms with Gasteiger partial charge in [0.1, 0.15) is 17.2 Å². The highest BCUT2D eigenvalue weighted by molar-refractivity contribution is 7.14. The molecule has 0 fully saturated rings. The van der Waals surface area contributed by atoms with Crippen LogP contribution in [0.3, 0.4) is 0 Å². The van der Waals surface area contributed by atoms with Gasteiger partial charge in [-0.2, -0.15) is 0 Å². The van der Waals surface area contributed by atoms with Crippen molar-refractivity contribution in [2.75, 3.05) is 0 Å². The number of rotatable bonds is 4. The van der Waals surface area contributed by atoms with E-state index in [0.29, 0.717) is 23.3 Å². The maximum Gasteiger partial charge on any atom is 0.348 e. The molecule has 0 spiro atoms. The monoisotopic (exact) mass is 435 g/mol. The number of hydrogen-bond acceptors (Lipinski definition) is 7. The van der Waals surface area contributed by atoms with Gasteiger partial charge in [-0.05, 0) is 23.6 Å². The van der Waals surface area contributed by atoms with Gasteiger partial charge in [-0.25, -0.2) is 9.59 Å². The highest BCUT2D eigenvalue weighted by atomic mass is 32.1. The molecule has 31 heavy (non-hydrogen) atoms. The molecular weight excluding hydrogens is 418 g/mol. The number of nitro groups is 1. The summed E-state index contributed by atoms with van der Waals surface area (Å²) in [6.45, 7) is 0.147. The molecule has 0 N–H and O–H groups in total. The Balaban J connectivity index is 1.56. The van der Waals surface area contributed by atoms with Crippen molar-refractivity contribution in [1.29, 1.82) is 0 Å². The molecule has 0 radical (unpaired) electrons. The lowest BCUT2D eigenvalue weighted by Gasteiger charge is -2.10. The predicted octanol–water partition coefficient (Wildman–Crippen LogP) is 4.89. The van der Waals surface area contributed by atoms with Gasteiger partial charge >= 0.3 is 11.9 Å². The first-order valence-corrected chi connectivity index (χ1v) is 10.3. The van der Waals surface area contributed by atoms with Crippen LogP contribution in [0.1, 0.15) is 36.0 Å². The number of ether oxygens (including phenoxy) is 2. The van der Waals surface area contributed by atoms with Gasteiger partial charge in [0.25, 0.3) is 5.69 Å². The highest BCUT2D eigenvalue weighted by Crippen LogP contribution is 2.33. The number of nitro benzene ring substituents is 1. The topological polar surface area (TPSA) is 95.7 Å². The molecule has 0 bridgehead atoms. The van der Waals surface area contributed by atoms with Crippen molar-refractivity contribution < 1.29 is 24.0 Å². The molecule has 156 valence electrons. The second-order valence-electron chi connectivity index (χ2n) is 6.83. The van der Waals surface area contributed by atoms with Crippen molar-refractivity contribution in [2.45, 2.75) is 19.4 Å². The van der Waals surface area contributed by atoms with Crippen molar-refractivity contribution in [1.82, 2.24) is 0 Å². The number of carbonyl (C=O) groups is 2. The molecule has 1 aromatic heterocycles. The van der Waals surface area contributed by atoms with E-state index >= 15 is 0 Å². The van der Waals surface area contributed by atoms with Crippen molar-refractivity contribution in [3.63, 3.8) is 0 Å². The van der Waals surface area contributed by atoms with E-state index in [2.05, 4.69) is 0 Å². The zero-order valence-electron chi connectivity index (χ0n) is 16.3. The van der Waals surface area contributed by atoms with Crippen LogP contribution < -0.4 is 4.74 Å². The predicted molar refractivity (Wildman–Crippen MR) is 114 cm³/mol. The molecule has 0 amide bonds. The van der Waals surface area contributed by atoms with Gasteiger partial charge in [0, 0.05) is 24.6 Å². The minimum atomic E-state index is -0.622. The van der Waals surface area contributed by atoms with Crippen LogP contribution in [0.2, 0.25) is 0 Å². The van der Waals surface area contributed by atoms with E-state index in [1.54, 1.807) is 0 Å². The Kier molecular flexibility index (Phi) is 5.90. The average Bonchev–Trinajstić information content (AvgIpc) is 3.18. The number of esters is 2. The molecule has 0 aliphatic carbocycles. The summed E-state index contributed by atoms with van der Waals surface area (Å²) in [6, 6.07) is 14.9. The van der Waals surface area contributed by atoms with Crippen LogP contribution in [0.4, 0.5) is 5.69 Å². The van der Waals surface area contributed by atoms with Crippen LogP contribution in [0, 0.1) is 10.1 Å². The Hall–Kier alpha value is -3.78. The molecule has 1 aliphatic heterocycles. The van der Waals surface area contributed by atoms with Gasteiger partial charge in [-0.15, -0.1) is 11.3 Å². The second-order valence-corrected chi connectivity index (χ2v) is 7.96. The van der Waals surface area contributed by atoms with E-state index in [0.717, 1.165) is 10.4 Å². The third kappa shape index (κ3) is 4.70. The first-order valence-electron chi connectivity index (χ1n) is 9.49. The molecule has 1 aliphatic rings. The fourth-order valence-corrected chi connectivity index (χ4v) is 4.11. The summed E-state index contributed by atoms with van der Waals surface area (Å²) >= 11 is 1.21. The Morgan fingerprint density at radius 2 is 1.87 bits per heavy atom. The van der Waals surface area contributed by atoms with E-state index in [1.165, 1.54) is 35.6 Å².